The highest BCUT2D eigenvalue weighted by Crippen LogP contribution is 2.24. The van der Waals surface area contributed by atoms with Gasteiger partial charge < -0.3 is 19.5 Å². The van der Waals surface area contributed by atoms with Crippen LogP contribution in [0.15, 0.2) is 18.2 Å². The van der Waals surface area contributed by atoms with E-state index in [0.717, 1.165) is 22.8 Å². The number of benzene rings is 1. The first kappa shape index (κ1) is 18.6. The molecule has 1 rings (SSSR count). The Hall–Kier alpha value is -1.40. The predicted molar refractivity (Wildman–Crippen MR) is 89.8 cm³/mol. The summed E-state index contributed by atoms with van der Waals surface area (Å²) < 4.78 is 15.5. The molecule has 0 saturated heterocycles. The normalized spacial score (nSPS) is 11.8. The molecule has 0 heterocycles. The van der Waals surface area contributed by atoms with Crippen LogP contribution in [0, 0.1) is 0 Å². The van der Waals surface area contributed by atoms with Crippen LogP contribution in [0.5, 0.6) is 11.5 Å². The molecule has 1 atom stereocenters. The third-order valence-corrected chi connectivity index (χ3v) is 4.20. The fourth-order valence-electron chi connectivity index (χ4n) is 1.86. The van der Waals surface area contributed by atoms with Gasteiger partial charge in [0.15, 0.2) is 0 Å². The van der Waals surface area contributed by atoms with Crippen LogP contribution in [-0.4, -0.2) is 44.3 Å². The maximum Gasteiger partial charge on any atom is 0.315 e. The van der Waals surface area contributed by atoms with E-state index in [9.17, 15) is 4.79 Å². The molecule has 0 aromatic heterocycles. The highest BCUT2D eigenvalue weighted by Gasteiger charge is 2.08. The zero-order chi connectivity index (χ0) is 16.4. The van der Waals surface area contributed by atoms with Crippen molar-refractivity contribution in [3.8, 4) is 11.5 Å². The first-order chi connectivity index (χ1) is 10.6. The maximum absolute atomic E-state index is 11.3. The molecule has 0 radical (unpaired) electrons. The van der Waals surface area contributed by atoms with Crippen LogP contribution in [0.25, 0.3) is 0 Å². The Morgan fingerprint density at radius 1 is 1.32 bits per heavy atom. The average Bonchev–Trinajstić information content (AvgIpc) is 2.53. The van der Waals surface area contributed by atoms with Crippen molar-refractivity contribution in [3.63, 3.8) is 0 Å². The second-order valence-corrected chi connectivity index (χ2v) is 5.81. The molecule has 0 fully saturated rings. The maximum atomic E-state index is 11.3. The van der Waals surface area contributed by atoms with Crippen molar-refractivity contribution in [2.75, 3.05) is 32.3 Å². The Morgan fingerprint density at radius 2 is 2.09 bits per heavy atom. The van der Waals surface area contributed by atoms with Gasteiger partial charge >= 0.3 is 5.97 Å². The third-order valence-electron chi connectivity index (χ3n) is 3.03. The van der Waals surface area contributed by atoms with Crippen LogP contribution >= 0.6 is 11.8 Å². The van der Waals surface area contributed by atoms with Crippen molar-refractivity contribution >= 4 is 17.7 Å². The Balaban J connectivity index is 2.37. The number of rotatable bonds is 10. The molecule has 0 aliphatic carbocycles. The highest BCUT2D eigenvalue weighted by atomic mass is 32.2. The number of thioether (sulfide) groups is 1. The number of hydrogen-bond acceptors (Lipinski definition) is 6. The number of hydrogen-bond donors (Lipinski definition) is 1. The lowest BCUT2D eigenvalue weighted by molar-refractivity contribution is -0.139. The van der Waals surface area contributed by atoms with E-state index in [4.69, 9.17) is 14.2 Å². The fraction of sp³-hybridized carbons (Fsp3) is 0.562. The molecule has 5 nitrogen and oxygen atoms in total. The standard InChI is InChI=1S/C16H25NO4S/c1-5-21-16(18)11-22-10-12(2)17-9-13-6-7-14(19-3)8-15(13)20-4/h6-8,12,17H,5,9-11H2,1-4H3. The van der Waals surface area contributed by atoms with Gasteiger partial charge in [0, 0.05) is 30.0 Å². The minimum Gasteiger partial charge on any atom is -0.497 e. The lowest BCUT2D eigenvalue weighted by Crippen LogP contribution is -2.28. The number of carbonyl (C=O) groups is 1. The summed E-state index contributed by atoms with van der Waals surface area (Å²) in [7, 11) is 3.28. The van der Waals surface area contributed by atoms with E-state index in [1.165, 1.54) is 0 Å². The minimum absolute atomic E-state index is 0.156. The predicted octanol–water partition coefficient (Wildman–Crippen LogP) is 2.48. The molecule has 0 aliphatic heterocycles. The summed E-state index contributed by atoms with van der Waals surface area (Å²) in [6.07, 6.45) is 0. The zero-order valence-corrected chi connectivity index (χ0v) is 14.5. The fourth-order valence-corrected chi connectivity index (χ4v) is 2.70. The quantitative estimate of drug-likeness (QED) is 0.666. The Labute approximate surface area is 136 Å². The minimum atomic E-state index is -0.156. The van der Waals surface area contributed by atoms with Gasteiger partial charge in [0.25, 0.3) is 0 Å². The Bertz CT molecular complexity index is 467. The number of carbonyl (C=O) groups excluding carboxylic acids is 1. The van der Waals surface area contributed by atoms with Crippen LogP contribution in [0.1, 0.15) is 19.4 Å². The monoisotopic (exact) mass is 327 g/mol. The van der Waals surface area contributed by atoms with Crippen molar-refractivity contribution in [2.24, 2.45) is 0 Å². The molecule has 1 N–H and O–H groups in total. The van der Waals surface area contributed by atoms with Gasteiger partial charge in [0.2, 0.25) is 0 Å². The van der Waals surface area contributed by atoms with E-state index in [0.29, 0.717) is 18.9 Å². The van der Waals surface area contributed by atoms with Crippen molar-refractivity contribution < 1.29 is 19.0 Å². The molecule has 1 aromatic carbocycles. The molecule has 0 aliphatic rings. The summed E-state index contributed by atoms with van der Waals surface area (Å²) >= 11 is 1.57. The molecule has 0 amide bonds. The highest BCUT2D eigenvalue weighted by molar-refractivity contribution is 7.99. The molecular formula is C16H25NO4S. The van der Waals surface area contributed by atoms with Gasteiger partial charge in [-0.25, -0.2) is 0 Å². The summed E-state index contributed by atoms with van der Waals surface area (Å²) in [4.78, 5) is 11.3. The van der Waals surface area contributed by atoms with Gasteiger partial charge in [-0.15, -0.1) is 11.8 Å². The first-order valence-electron chi connectivity index (χ1n) is 7.28. The Morgan fingerprint density at radius 3 is 2.73 bits per heavy atom. The molecule has 0 saturated carbocycles. The second-order valence-electron chi connectivity index (χ2n) is 4.78. The van der Waals surface area contributed by atoms with Crippen LogP contribution in [0.3, 0.4) is 0 Å². The Kier molecular flexibility index (Phi) is 8.77. The molecule has 0 spiro atoms. The molecule has 1 aromatic rings. The van der Waals surface area contributed by atoms with E-state index in [2.05, 4.69) is 12.2 Å². The van der Waals surface area contributed by atoms with Crippen LogP contribution < -0.4 is 14.8 Å². The summed E-state index contributed by atoms with van der Waals surface area (Å²) in [5.41, 5.74) is 1.07. The van der Waals surface area contributed by atoms with Crippen molar-refractivity contribution in [2.45, 2.75) is 26.4 Å². The van der Waals surface area contributed by atoms with Crippen molar-refractivity contribution in [1.29, 1.82) is 0 Å². The summed E-state index contributed by atoms with van der Waals surface area (Å²) in [5.74, 6) is 2.66. The summed E-state index contributed by atoms with van der Waals surface area (Å²) in [6, 6.07) is 6.06. The van der Waals surface area contributed by atoms with E-state index < -0.39 is 0 Å². The molecule has 6 heteroatoms. The van der Waals surface area contributed by atoms with Crippen LogP contribution in [-0.2, 0) is 16.1 Å². The summed E-state index contributed by atoms with van der Waals surface area (Å²) in [6.45, 7) is 5.04. The SMILES string of the molecule is CCOC(=O)CSCC(C)NCc1ccc(OC)cc1OC. The van der Waals surface area contributed by atoms with Gasteiger partial charge in [-0.05, 0) is 19.9 Å². The van der Waals surface area contributed by atoms with Gasteiger partial charge in [-0.3, -0.25) is 4.79 Å². The lowest BCUT2D eigenvalue weighted by atomic mass is 10.2. The smallest absolute Gasteiger partial charge is 0.315 e. The molecule has 1 unspecified atom stereocenters. The largest absolute Gasteiger partial charge is 0.497 e. The number of methoxy groups -OCH3 is 2. The number of ether oxygens (including phenoxy) is 3. The number of nitrogens with one attached hydrogen (secondary N) is 1. The van der Waals surface area contributed by atoms with E-state index in [-0.39, 0.29) is 12.0 Å². The van der Waals surface area contributed by atoms with Crippen LogP contribution in [0.4, 0.5) is 0 Å². The topological polar surface area (TPSA) is 56.8 Å². The summed E-state index contributed by atoms with van der Waals surface area (Å²) in [5, 5.41) is 3.42. The number of esters is 1. The van der Waals surface area contributed by atoms with Crippen LogP contribution in [0.2, 0.25) is 0 Å². The average molecular weight is 327 g/mol. The second kappa shape index (κ2) is 10.3. The molecular weight excluding hydrogens is 302 g/mol. The van der Waals surface area contributed by atoms with Crippen molar-refractivity contribution in [3.05, 3.63) is 23.8 Å². The van der Waals surface area contributed by atoms with E-state index in [1.54, 1.807) is 26.0 Å². The third kappa shape index (κ3) is 6.58. The molecule has 0 bridgehead atoms. The lowest BCUT2D eigenvalue weighted by Gasteiger charge is -2.15. The van der Waals surface area contributed by atoms with Crippen molar-refractivity contribution in [1.82, 2.24) is 5.32 Å². The van der Waals surface area contributed by atoms with E-state index in [1.807, 2.05) is 25.1 Å². The van der Waals surface area contributed by atoms with Gasteiger partial charge in [0.1, 0.15) is 11.5 Å². The van der Waals surface area contributed by atoms with Gasteiger partial charge in [-0.1, -0.05) is 6.07 Å². The zero-order valence-electron chi connectivity index (χ0n) is 13.7. The first-order valence-corrected chi connectivity index (χ1v) is 8.43. The molecule has 22 heavy (non-hydrogen) atoms. The van der Waals surface area contributed by atoms with Gasteiger partial charge in [-0.2, -0.15) is 0 Å². The van der Waals surface area contributed by atoms with Gasteiger partial charge in [0.05, 0.1) is 26.6 Å². The molecule has 124 valence electrons. The van der Waals surface area contributed by atoms with E-state index >= 15 is 0 Å².